The lowest BCUT2D eigenvalue weighted by Gasteiger charge is -2.21. The van der Waals surface area contributed by atoms with E-state index in [0.717, 1.165) is 114 Å². The Morgan fingerprint density at radius 3 is 0.816 bits per heavy atom. The number of unbranched alkanes of at least 4 members (excludes halogenated alkanes) is 30. The quantitative estimate of drug-likeness (QED) is 0.0222. The Morgan fingerprint density at radius 1 is 0.322 bits per heavy atom. The van der Waals surface area contributed by atoms with Crippen molar-refractivity contribution in [2.75, 3.05) is 39.6 Å². The van der Waals surface area contributed by atoms with Gasteiger partial charge in [-0.2, -0.15) is 0 Å². The van der Waals surface area contributed by atoms with Crippen LogP contribution in [0.2, 0.25) is 0 Å². The SMILES string of the molecule is CCC(C)CCCCCCCCC(=O)O[C@H](COC(=O)CCCCCCCCCCC(C)C)COP(=O)(O)OCC(O)COP(=O)(O)OC[C@@H](COC(=O)CCCCCCCCCCCCCC(C)C)OC(=O)CCCCCCCCCCCC(C)C. The van der Waals surface area contributed by atoms with Crippen LogP contribution in [0.25, 0.3) is 0 Å². The summed E-state index contributed by atoms with van der Waals surface area (Å²) in [5.74, 6) is 0.819. The zero-order chi connectivity index (χ0) is 64.7. The van der Waals surface area contributed by atoms with Crippen LogP contribution in [-0.2, 0) is 65.4 Å². The Morgan fingerprint density at radius 2 is 0.552 bits per heavy atom. The molecule has 0 heterocycles. The molecule has 516 valence electrons. The lowest BCUT2D eigenvalue weighted by atomic mass is 10.00. The lowest BCUT2D eigenvalue weighted by molar-refractivity contribution is -0.161. The van der Waals surface area contributed by atoms with E-state index >= 15 is 0 Å². The number of phosphoric acid groups is 2. The van der Waals surface area contributed by atoms with Gasteiger partial charge in [0, 0.05) is 25.7 Å². The van der Waals surface area contributed by atoms with Crippen molar-refractivity contribution in [3.8, 4) is 0 Å². The van der Waals surface area contributed by atoms with Gasteiger partial charge in [-0.05, 0) is 49.4 Å². The van der Waals surface area contributed by atoms with Crippen molar-refractivity contribution in [3.63, 3.8) is 0 Å². The minimum Gasteiger partial charge on any atom is -0.462 e. The number of esters is 4. The van der Waals surface area contributed by atoms with Gasteiger partial charge in [-0.3, -0.25) is 37.3 Å². The molecule has 0 radical (unpaired) electrons. The smallest absolute Gasteiger partial charge is 0.462 e. The molecule has 0 aliphatic carbocycles. The highest BCUT2D eigenvalue weighted by atomic mass is 31.2. The summed E-state index contributed by atoms with van der Waals surface area (Å²) in [7, 11) is -9.90. The second kappa shape index (κ2) is 57.9. The Balaban J connectivity index is 5.25. The number of carbonyl (C=O) groups is 4. The summed E-state index contributed by atoms with van der Waals surface area (Å²) in [4.78, 5) is 72.4. The van der Waals surface area contributed by atoms with E-state index < -0.39 is 97.5 Å². The predicted octanol–water partition coefficient (Wildman–Crippen LogP) is 18.9. The predicted molar refractivity (Wildman–Crippen MR) is 349 cm³/mol. The topological polar surface area (TPSA) is 237 Å². The van der Waals surface area contributed by atoms with Crippen LogP contribution in [0.4, 0.5) is 0 Å². The number of aliphatic hydroxyl groups is 1. The summed E-state index contributed by atoms with van der Waals surface area (Å²) < 4.78 is 68.2. The second-order valence-electron chi connectivity index (χ2n) is 26.2. The van der Waals surface area contributed by atoms with E-state index in [1.54, 1.807) is 0 Å². The van der Waals surface area contributed by atoms with Crippen LogP contribution in [0.3, 0.4) is 0 Å². The van der Waals surface area contributed by atoms with Crippen molar-refractivity contribution in [3.05, 3.63) is 0 Å². The lowest BCUT2D eigenvalue weighted by Crippen LogP contribution is -2.30. The zero-order valence-electron chi connectivity index (χ0n) is 56.6. The summed E-state index contributed by atoms with van der Waals surface area (Å²) in [6.07, 6.45) is 39.0. The molecule has 0 bridgehead atoms. The number of hydrogen-bond acceptors (Lipinski definition) is 15. The molecule has 87 heavy (non-hydrogen) atoms. The Labute approximate surface area is 530 Å². The molecule has 0 rings (SSSR count). The number of rotatable bonds is 65. The van der Waals surface area contributed by atoms with Crippen molar-refractivity contribution in [1.82, 2.24) is 0 Å². The van der Waals surface area contributed by atoms with Crippen molar-refractivity contribution in [2.24, 2.45) is 23.7 Å². The standard InChI is InChI=1S/C68H132O17P2/c1-9-61(8)47-39-31-26-27-35-43-51-68(73)85-64(55-79-66(71)49-41-33-24-19-18-22-30-38-46-60(6)7)57-83-87(76,77)81-53-62(69)52-80-86(74,75)82-56-63(84-67(72)50-42-34-25-17-13-15-21-29-37-45-59(4)5)54-78-65(70)48-40-32-23-16-12-10-11-14-20-28-36-44-58(2)3/h58-64,69H,9-57H2,1-8H3,(H,74,75)(H,76,77)/t61?,62?,63-,64-/m1/s1. The fourth-order valence-electron chi connectivity index (χ4n) is 10.1. The van der Waals surface area contributed by atoms with E-state index in [1.165, 1.54) is 135 Å². The van der Waals surface area contributed by atoms with E-state index in [1.807, 2.05) is 0 Å². The molecule has 0 fully saturated rings. The highest BCUT2D eigenvalue weighted by Gasteiger charge is 2.30. The van der Waals surface area contributed by atoms with E-state index in [0.29, 0.717) is 25.7 Å². The van der Waals surface area contributed by atoms with Gasteiger partial charge in [0.2, 0.25) is 0 Å². The minimum absolute atomic E-state index is 0.102. The maximum absolute atomic E-state index is 13.0. The average molecular weight is 1280 g/mol. The number of phosphoric ester groups is 2. The molecule has 0 amide bonds. The van der Waals surface area contributed by atoms with Gasteiger partial charge < -0.3 is 33.8 Å². The first-order valence-corrected chi connectivity index (χ1v) is 38.2. The fraction of sp³-hybridized carbons (Fsp3) is 0.941. The van der Waals surface area contributed by atoms with Crippen LogP contribution in [0.1, 0.15) is 331 Å². The van der Waals surface area contributed by atoms with Crippen LogP contribution >= 0.6 is 15.6 Å². The van der Waals surface area contributed by atoms with Gasteiger partial charge in [-0.1, -0.05) is 280 Å². The van der Waals surface area contributed by atoms with Gasteiger partial charge in [0.15, 0.2) is 12.2 Å². The molecule has 0 spiro atoms. The minimum atomic E-state index is -4.95. The first kappa shape index (κ1) is 85.1. The summed E-state index contributed by atoms with van der Waals surface area (Å²) in [6, 6.07) is 0. The summed E-state index contributed by atoms with van der Waals surface area (Å²) in [5, 5.41) is 10.6. The molecule has 0 aromatic heterocycles. The number of carbonyl (C=O) groups excluding carboxylic acids is 4. The van der Waals surface area contributed by atoms with Crippen molar-refractivity contribution in [2.45, 2.75) is 350 Å². The first-order valence-electron chi connectivity index (χ1n) is 35.2. The highest BCUT2D eigenvalue weighted by Crippen LogP contribution is 2.45. The Bertz CT molecular complexity index is 1730. The molecule has 0 saturated heterocycles. The average Bonchev–Trinajstić information content (AvgIpc) is 3.64. The van der Waals surface area contributed by atoms with Gasteiger partial charge in [0.1, 0.15) is 19.3 Å². The Kier molecular flexibility index (Phi) is 56.6. The van der Waals surface area contributed by atoms with Crippen molar-refractivity contribution >= 4 is 39.5 Å². The third-order valence-electron chi connectivity index (χ3n) is 15.9. The van der Waals surface area contributed by atoms with E-state index in [4.69, 9.17) is 37.0 Å². The molecule has 4 unspecified atom stereocenters. The largest absolute Gasteiger partial charge is 0.472 e. The maximum atomic E-state index is 13.0. The van der Waals surface area contributed by atoms with Crippen LogP contribution < -0.4 is 0 Å². The second-order valence-corrected chi connectivity index (χ2v) is 29.1. The van der Waals surface area contributed by atoms with Gasteiger partial charge in [-0.15, -0.1) is 0 Å². The normalized spacial score (nSPS) is 14.6. The zero-order valence-corrected chi connectivity index (χ0v) is 58.4. The number of aliphatic hydroxyl groups excluding tert-OH is 1. The van der Waals surface area contributed by atoms with Gasteiger partial charge >= 0.3 is 39.5 Å². The van der Waals surface area contributed by atoms with E-state index in [9.17, 15) is 43.2 Å². The molecular weight excluding hydrogens is 1150 g/mol. The number of ether oxygens (including phenoxy) is 4. The molecule has 0 aromatic rings. The van der Waals surface area contributed by atoms with E-state index in [2.05, 4.69) is 55.4 Å². The summed E-state index contributed by atoms with van der Waals surface area (Å²) >= 11 is 0. The van der Waals surface area contributed by atoms with Crippen molar-refractivity contribution in [1.29, 1.82) is 0 Å². The summed E-state index contributed by atoms with van der Waals surface area (Å²) in [6.45, 7) is 14.0. The van der Waals surface area contributed by atoms with Crippen LogP contribution in [0, 0.1) is 23.7 Å². The first-order chi connectivity index (χ1) is 41.6. The van der Waals surface area contributed by atoms with Crippen LogP contribution in [0.5, 0.6) is 0 Å². The molecule has 0 aliphatic heterocycles. The molecule has 3 N–H and O–H groups in total. The third-order valence-corrected chi connectivity index (χ3v) is 17.8. The molecule has 0 aliphatic rings. The highest BCUT2D eigenvalue weighted by molar-refractivity contribution is 7.47. The molecular formula is C68H132O17P2. The van der Waals surface area contributed by atoms with Crippen LogP contribution in [-0.4, -0.2) is 96.7 Å². The maximum Gasteiger partial charge on any atom is 0.472 e. The van der Waals surface area contributed by atoms with Gasteiger partial charge in [0.05, 0.1) is 26.4 Å². The van der Waals surface area contributed by atoms with Gasteiger partial charge in [-0.25, -0.2) is 9.13 Å². The third kappa shape index (κ3) is 61.3. The van der Waals surface area contributed by atoms with Gasteiger partial charge in [0.25, 0.3) is 0 Å². The molecule has 17 nitrogen and oxygen atoms in total. The number of hydrogen-bond donors (Lipinski definition) is 3. The van der Waals surface area contributed by atoms with Crippen LogP contribution in [0.15, 0.2) is 0 Å². The molecule has 19 heteroatoms. The molecule has 0 aromatic carbocycles. The molecule has 6 atom stereocenters. The fourth-order valence-corrected chi connectivity index (χ4v) is 11.7. The summed E-state index contributed by atoms with van der Waals surface area (Å²) in [5.41, 5.74) is 0. The Hall–Kier alpha value is -1.94. The van der Waals surface area contributed by atoms with Crippen molar-refractivity contribution < 1.29 is 80.2 Å². The monoisotopic (exact) mass is 1280 g/mol. The van der Waals surface area contributed by atoms with E-state index in [-0.39, 0.29) is 25.7 Å². The molecule has 0 saturated carbocycles.